The van der Waals surface area contributed by atoms with Crippen LogP contribution in [0.15, 0.2) is 47.4 Å². The van der Waals surface area contributed by atoms with Crippen molar-refractivity contribution in [3.8, 4) is 5.75 Å². The Hall–Kier alpha value is -2.30. The molecule has 11 heteroatoms. The van der Waals surface area contributed by atoms with E-state index in [-0.39, 0.29) is 15.7 Å². The number of para-hydroxylation sites is 1. The van der Waals surface area contributed by atoms with Crippen LogP contribution in [0, 0.1) is 0 Å². The van der Waals surface area contributed by atoms with E-state index in [2.05, 4.69) is 10.0 Å². The highest BCUT2D eigenvalue weighted by atomic mass is 35.5. The van der Waals surface area contributed by atoms with E-state index in [0.717, 1.165) is 18.2 Å². The summed E-state index contributed by atoms with van der Waals surface area (Å²) in [4.78, 5) is 12.0. The fourth-order valence-electron chi connectivity index (χ4n) is 2.25. The lowest BCUT2D eigenvalue weighted by Crippen LogP contribution is -2.41. The number of carbonyl (C=O) groups excluding carboxylic acids is 1. The maximum atomic E-state index is 13.0. The summed E-state index contributed by atoms with van der Waals surface area (Å²) in [5.74, 6) is -0.699. The molecule has 0 saturated heterocycles. The zero-order chi connectivity index (χ0) is 21.1. The number of rotatable bonds is 6. The van der Waals surface area contributed by atoms with Crippen LogP contribution in [0.25, 0.3) is 0 Å². The number of sulfonamides is 1. The normalized spacial score (nSPS) is 13.1. The van der Waals surface area contributed by atoms with Crippen molar-refractivity contribution in [1.29, 1.82) is 0 Å². The molecule has 2 aromatic carbocycles. The Morgan fingerprint density at radius 2 is 1.82 bits per heavy atom. The maximum Gasteiger partial charge on any atom is 0.418 e. The first-order valence-electron chi connectivity index (χ1n) is 7.78. The number of hydrogen-bond donors (Lipinski definition) is 2. The molecule has 1 amide bonds. The van der Waals surface area contributed by atoms with Crippen molar-refractivity contribution < 1.29 is 31.1 Å². The van der Waals surface area contributed by atoms with Crippen LogP contribution in [0.1, 0.15) is 12.5 Å². The van der Waals surface area contributed by atoms with Crippen molar-refractivity contribution in [2.24, 2.45) is 0 Å². The molecule has 0 spiro atoms. The second kappa shape index (κ2) is 8.38. The van der Waals surface area contributed by atoms with Crippen LogP contribution in [0.3, 0.4) is 0 Å². The first-order chi connectivity index (χ1) is 13.0. The minimum Gasteiger partial charge on any atom is -0.495 e. The predicted octanol–water partition coefficient (Wildman–Crippen LogP) is 3.67. The third-order valence-electron chi connectivity index (χ3n) is 3.65. The Balaban J connectivity index is 2.17. The largest absolute Gasteiger partial charge is 0.495 e. The van der Waals surface area contributed by atoms with Crippen molar-refractivity contribution in [3.63, 3.8) is 0 Å². The Labute approximate surface area is 164 Å². The summed E-state index contributed by atoms with van der Waals surface area (Å²) in [5, 5.41) is 2.13. The lowest BCUT2D eigenvalue weighted by Gasteiger charge is -2.17. The fraction of sp³-hybridized carbons (Fsp3) is 0.235. The number of hydrogen-bond acceptors (Lipinski definition) is 4. The summed E-state index contributed by atoms with van der Waals surface area (Å²) in [6, 6.07) is 6.71. The van der Waals surface area contributed by atoms with Crippen molar-refractivity contribution in [3.05, 3.63) is 53.1 Å². The molecule has 2 N–H and O–H groups in total. The molecular formula is C17H16ClF3N2O4S. The molecule has 0 aromatic heterocycles. The first-order valence-corrected chi connectivity index (χ1v) is 9.65. The molecule has 0 heterocycles. The smallest absolute Gasteiger partial charge is 0.418 e. The van der Waals surface area contributed by atoms with Gasteiger partial charge in [0.05, 0.1) is 34.3 Å². The van der Waals surface area contributed by atoms with Gasteiger partial charge in [-0.3, -0.25) is 4.79 Å². The van der Waals surface area contributed by atoms with Crippen molar-refractivity contribution >= 4 is 33.2 Å². The van der Waals surface area contributed by atoms with Gasteiger partial charge in [-0.25, -0.2) is 8.42 Å². The third kappa shape index (κ3) is 5.15. The van der Waals surface area contributed by atoms with Crippen LogP contribution >= 0.6 is 11.6 Å². The molecule has 0 radical (unpaired) electrons. The van der Waals surface area contributed by atoms with Crippen LogP contribution < -0.4 is 14.8 Å². The van der Waals surface area contributed by atoms with Crippen LogP contribution in [0.5, 0.6) is 5.75 Å². The number of carbonyl (C=O) groups is 1. The third-order valence-corrected chi connectivity index (χ3v) is 5.48. The topological polar surface area (TPSA) is 84.5 Å². The van der Waals surface area contributed by atoms with E-state index in [1.165, 1.54) is 38.3 Å². The lowest BCUT2D eigenvalue weighted by molar-refractivity contribution is -0.137. The summed E-state index contributed by atoms with van der Waals surface area (Å²) in [7, 11) is -2.80. The highest BCUT2D eigenvalue weighted by Crippen LogP contribution is 2.34. The maximum absolute atomic E-state index is 13.0. The van der Waals surface area contributed by atoms with Gasteiger partial charge < -0.3 is 10.1 Å². The first kappa shape index (κ1) is 22.0. The molecule has 0 bridgehead atoms. The van der Waals surface area contributed by atoms with E-state index in [0.29, 0.717) is 0 Å². The molecule has 0 unspecified atom stereocenters. The quantitative estimate of drug-likeness (QED) is 0.723. The Morgan fingerprint density at radius 1 is 1.18 bits per heavy atom. The fourth-order valence-corrected chi connectivity index (χ4v) is 3.80. The van der Waals surface area contributed by atoms with E-state index in [4.69, 9.17) is 16.3 Å². The Kier molecular flexibility index (Phi) is 6.58. The summed E-state index contributed by atoms with van der Waals surface area (Å²) in [6.45, 7) is 1.20. The molecule has 0 saturated carbocycles. The number of ether oxygens (including phenoxy) is 1. The lowest BCUT2D eigenvalue weighted by atomic mass is 10.1. The van der Waals surface area contributed by atoms with Gasteiger partial charge in [-0.15, -0.1) is 0 Å². The highest BCUT2D eigenvalue weighted by molar-refractivity contribution is 7.89. The monoisotopic (exact) mass is 436 g/mol. The summed E-state index contributed by atoms with van der Waals surface area (Å²) in [6.07, 6.45) is -4.67. The van der Waals surface area contributed by atoms with Gasteiger partial charge in [0.1, 0.15) is 5.75 Å². The van der Waals surface area contributed by atoms with Crippen molar-refractivity contribution in [2.45, 2.75) is 24.0 Å². The predicted molar refractivity (Wildman–Crippen MR) is 97.9 cm³/mol. The zero-order valence-corrected chi connectivity index (χ0v) is 16.2. The van der Waals surface area contributed by atoms with E-state index in [1.54, 1.807) is 0 Å². The number of anilines is 1. The molecule has 28 heavy (non-hydrogen) atoms. The van der Waals surface area contributed by atoms with Crippen molar-refractivity contribution in [2.75, 3.05) is 12.4 Å². The van der Waals surface area contributed by atoms with Gasteiger partial charge in [-0.1, -0.05) is 23.7 Å². The van der Waals surface area contributed by atoms with Gasteiger partial charge in [-0.05, 0) is 37.3 Å². The summed E-state index contributed by atoms with van der Waals surface area (Å²) >= 11 is 5.90. The van der Waals surface area contributed by atoms with Gasteiger partial charge >= 0.3 is 6.18 Å². The SMILES string of the molecule is COc1ccc(S(=O)(=O)N[C@@H](C)C(=O)Nc2ccccc2C(F)(F)F)cc1Cl. The van der Waals surface area contributed by atoms with Crippen LogP contribution in [0.2, 0.25) is 5.02 Å². The van der Waals surface area contributed by atoms with E-state index in [9.17, 15) is 26.4 Å². The second-order valence-electron chi connectivity index (χ2n) is 5.67. The van der Waals surface area contributed by atoms with Gasteiger partial charge in [-0.2, -0.15) is 17.9 Å². The molecule has 1 atom stereocenters. The highest BCUT2D eigenvalue weighted by Gasteiger charge is 2.34. The molecule has 0 fully saturated rings. The number of halogens is 4. The number of methoxy groups -OCH3 is 1. The van der Waals surface area contributed by atoms with E-state index < -0.39 is 39.4 Å². The second-order valence-corrected chi connectivity index (χ2v) is 7.79. The number of benzene rings is 2. The van der Waals surface area contributed by atoms with Gasteiger partial charge in [0.15, 0.2) is 0 Å². The van der Waals surface area contributed by atoms with Gasteiger partial charge in [0.2, 0.25) is 15.9 Å². The molecule has 2 rings (SSSR count). The van der Waals surface area contributed by atoms with Gasteiger partial charge in [0.25, 0.3) is 0 Å². The molecule has 6 nitrogen and oxygen atoms in total. The van der Waals surface area contributed by atoms with Crippen LogP contribution in [-0.4, -0.2) is 27.5 Å². The summed E-state index contributed by atoms with van der Waals surface area (Å²) in [5.41, 5.74) is -1.51. The molecule has 0 aliphatic carbocycles. The average molecular weight is 437 g/mol. The molecule has 152 valence electrons. The van der Waals surface area contributed by atoms with E-state index >= 15 is 0 Å². The van der Waals surface area contributed by atoms with Crippen LogP contribution in [0.4, 0.5) is 18.9 Å². The molecule has 2 aromatic rings. The number of amides is 1. The Bertz CT molecular complexity index is 981. The molecule has 0 aliphatic rings. The van der Waals surface area contributed by atoms with E-state index in [1.807, 2.05) is 0 Å². The molecular weight excluding hydrogens is 421 g/mol. The number of nitrogens with one attached hydrogen (secondary N) is 2. The van der Waals surface area contributed by atoms with Crippen molar-refractivity contribution in [1.82, 2.24) is 4.72 Å². The minimum atomic E-state index is -4.67. The minimum absolute atomic E-state index is 0.0431. The zero-order valence-electron chi connectivity index (χ0n) is 14.7. The molecule has 0 aliphatic heterocycles. The average Bonchev–Trinajstić information content (AvgIpc) is 2.60. The standard InChI is InChI=1S/C17H16ClF3N2O4S/c1-10(16(24)22-14-6-4-3-5-12(14)17(19,20)21)23-28(25,26)11-7-8-15(27-2)13(18)9-11/h3-10,23H,1-2H3,(H,22,24)/t10-/m0/s1. The summed E-state index contributed by atoms with van der Waals surface area (Å²) < 4.78 is 70.9. The van der Waals surface area contributed by atoms with Crippen LogP contribution in [-0.2, 0) is 21.0 Å². The number of alkyl halides is 3. The Morgan fingerprint density at radius 3 is 2.39 bits per heavy atom. The van der Waals surface area contributed by atoms with Gasteiger partial charge in [0, 0.05) is 0 Å².